The fourth-order valence-electron chi connectivity index (χ4n) is 4.30. The summed E-state index contributed by atoms with van der Waals surface area (Å²) in [7, 11) is 1.77. The number of amides is 1. The van der Waals surface area contributed by atoms with Gasteiger partial charge in [0.1, 0.15) is 5.60 Å². The molecule has 0 bridgehead atoms. The van der Waals surface area contributed by atoms with Gasteiger partial charge in [0.2, 0.25) is 5.91 Å². The first-order chi connectivity index (χ1) is 10.2. The summed E-state index contributed by atoms with van der Waals surface area (Å²) in [5.74, 6) is 1.71. The van der Waals surface area contributed by atoms with E-state index in [9.17, 15) is 4.79 Å². The Hall–Kier alpha value is -0.610. The predicted molar refractivity (Wildman–Crippen MR) is 81.1 cm³/mol. The lowest BCUT2D eigenvalue weighted by atomic mass is 9.79. The van der Waals surface area contributed by atoms with Crippen molar-refractivity contribution in [2.24, 2.45) is 11.8 Å². The van der Waals surface area contributed by atoms with E-state index >= 15 is 0 Å². The zero-order valence-corrected chi connectivity index (χ0v) is 13.3. The van der Waals surface area contributed by atoms with Crippen LogP contribution < -0.4 is 0 Å². The standard InChI is InChI=1S/C17H29NO3/c1-20-8-6-15-7-9-21-17(11-15)12-18(13-17)16(19)10-14-4-2-3-5-14/h14-15H,2-13H2,1H3/t15-/m0/s1. The normalized spacial score (nSPS) is 28.8. The quantitative estimate of drug-likeness (QED) is 0.782. The molecule has 3 rings (SSSR count). The van der Waals surface area contributed by atoms with Crippen LogP contribution in [0.3, 0.4) is 0 Å². The van der Waals surface area contributed by atoms with Crippen LogP contribution in [0.15, 0.2) is 0 Å². The molecule has 1 saturated carbocycles. The number of carbonyl (C=O) groups is 1. The summed E-state index contributed by atoms with van der Waals surface area (Å²) in [6, 6.07) is 0. The van der Waals surface area contributed by atoms with Gasteiger partial charge < -0.3 is 14.4 Å². The number of nitrogens with zero attached hydrogens (tertiary/aromatic N) is 1. The van der Waals surface area contributed by atoms with E-state index < -0.39 is 0 Å². The smallest absolute Gasteiger partial charge is 0.223 e. The topological polar surface area (TPSA) is 38.8 Å². The summed E-state index contributed by atoms with van der Waals surface area (Å²) < 4.78 is 11.2. The number of carbonyl (C=O) groups excluding carboxylic acids is 1. The highest BCUT2D eigenvalue weighted by atomic mass is 16.5. The minimum Gasteiger partial charge on any atom is -0.385 e. The number of hydrogen-bond acceptors (Lipinski definition) is 3. The van der Waals surface area contributed by atoms with E-state index in [0.29, 0.717) is 17.7 Å². The lowest BCUT2D eigenvalue weighted by Crippen LogP contribution is -2.66. The molecule has 120 valence electrons. The van der Waals surface area contributed by atoms with Crippen molar-refractivity contribution >= 4 is 5.91 Å². The first-order valence-electron chi connectivity index (χ1n) is 8.61. The van der Waals surface area contributed by atoms with Crippen LogP contribution in [-0.4, -0.2) is 49.8 Å². The highest BCUT2D eigenvalue weighted by Gasteiger charge is 2.49. The third-order valence-electron chi connectivity index (χ3n) is 5.57. The van der Waals surface area contributed by atoms with Crippen LogP contribution in [0.1, 0.15) is 51.4 Å². The number of likely N-dealkylation sites (tertiary alicyclic amines) is 1. The predicted octanol–water partition coefficient (Wildman–Crippen LogP) is 2.61. The second-order valence-electron chi connectivity index (χ2n) is 7.28. The molecular formula is C17H29NO3. The summed E-state index contributed by atoms with van der Waals surface area (Å²) in [6.45, 7) is 3.33. The van der Waals surface area contributed by atoms with Crippen LogP contribution in [0.4, 0.5) is 0 Å². The number of methoxy groups -OCH3 is 1. The van der Waals surface area contributed by atoms with Crippen LogP contribution in [0.2, 0.25) is 0 Å². The molecule has 1 aliphatic carbocycles. The van der Waals surface area contributed by atoms with Crippen LogP contribution in [0.5, 0.6) is 0 Å². The zero-order valence-electron chi connectivity index (χ0n) is 13.3. The van der Waals surface area contributed by atoms with E-state index in [1.165, 1.54) is 25.7 Å². The SMILES string of the molecule is COCC[C@H]1CCOC2(C1)CN(C(=O)CC1CCCC1)C2. The molecule has 2 aliphatic heterocycles. The molecule has 4 heteroatoms. The van der Waals surface area contributed by atoms with Gasteiger partial charge in [-0.25, -0.2) is 0 Å². The van der Waals surface area contributed by atoms with Crippen molar-refractivity contribution in [2.75, 3.05) is 33.4 Å². The molecule has 0 aromatic heterocycles. The summed E-state index contributed by atoms with van der Waals surface area (Å²) in [5.41, 5.74) is -0.0258. The third-order valence-corrected chi connectivity index (χ3v) is 5.57. The Morgan fingerprint density at radius 1 is 1.24 bits per heavy atom. The van der Waals surface area contributed by atoms with Crippen molar-refractivity contribution in [1.82, 2.24) is 4.90 Å². The summed E-state index contributed by atoms with van der Waals surface area (Å²) >= 11 is 0. The zero-order chi connectivity index (χ0) is 14.7. The number of hydrogen-bond donors (Lipinski definition) is 0. The molecule has 1 spiro atoms. The monoisotopic (exact) mass is 295 g/mol. The van der Waals surface area contributed by atoms with E-state index in [0.717, 1.165) is 52.0 Å². The van der Waals surface area contributed by atoms with Gasteiger partial charge in [0.25, 0.3) is 0 Å². The summed E-state index contributed by atoms with van der Waals surface area (Å²) in [4.78, 5) is 14.3. The Balaban J connectivity index is 1.43. The van der Waals surface area contributed by atoms with Gasteiger partial charge in [0, 0.05) is 26.7 Å². The summed E-state index contributed by atoms with van der Waals surface area (Å²) in [5, 5.41) is 0. The Kier molecular flexibility index (Phi) is 4.85. The van der Waals surface area contributed by atoms with Gasteiger partial charge in [-0.05, 0) is 43.9 Å². The molecule has 0 aromatic carbocycles. The highest BCUT2D eigenvalue weighted by Crippen LogP contribution is 2.39. The van der Waals surface area contributed by atoms with E-state index in [-0.39, 0.29) is 5.60 Å². The highest BCUT2D eigenvalue weighted by molar-refractivity contribution is 5.77. The molecule has 4 nitrogen and oxygen atoms in total. The maximum atomic E-state index is 12.3. The van der Waals surface area contributed by atoms with Crippen LogP contribution in [-0.2, 0) is 14.3 Å². The Morgan fingerprint density at radius 2 is 2.00 bits per heavy atom. The second-order valence-corrected chi connectivity index (χ2v) is 7.28. The molecule has 0 radical (unpaired) electrons. The number of rotatable bonds is 5. The van der Waals surface area contributed by atoms with Gasteiger partial charge in [0.15, 0.2) is 0 Å². The second kappa shape index (κ2) is 6.66. The molecule has 1 amide bonds. The first-order valence-corrected chi connectivity index (χ1v) is 8.61. The Bertz CT molecular complexity index is 359. The average Bonchev–Trinajstić information content (AvgIpc) is 2.95. The van der Waals surface area contributed by atoms with Crippen LogP contribution in [0, 0.1) is 11.8 Å². The Labute approximate surface area is 128 Å². The van der Waals surface area contributed by atoms with Crippen LogP contribution in [0.25, 0.3) is 0 Å². The lowest BCUT2D eigenvalue weighted by molar-refractivity contribution is -0.189. The van der Waals surface area contributed by atoms with Gasteiger partial charge in [0.05, 0.1) is 13.1 Å². The van der Waals surface area contributed by atoms with Gasteiger partial charge in [-0.15, -0.1) is 0 Å². The third kappa shape index (κ3) is 3.59. The maximum absolute atomic E-state index is 12.3. The first kappa shape index (κ1) is 15.3. The van der Waals surface area contributed by atoms with Crippen molar-refractivity contribution in [1.29, 1.82) is 0 Å². The molecule has 21 heavy (non-hydrogen) atoms. The van der Waals surface area contributed by atoms with Crippen molar-refractivity contribution in [3.63, 3.8) is 0 Å². The van der Waals surface area contributed by atoms with Gasteiger partial charge >= 0.3 is 0 Å². The van der Waals surface area contributed by atoms with Gasteiger partial charge in [-0.2, -0.15) is 0 Å². The molecule has 2 heterocycles. The fourth-order valence-corrected chi connectivity index (χ4v) is 4.30. The van der Waals surface area contributed by atoms with E-state index in [1.807, 2.05) is 4.90 Å². The molecular weight excluding hydrogens is 266 g/mol. The molecule has 3 aliphatic rings. The molecule has 0 aromatic rings. The number of ether oxygens (including phenoxy) is 2. The van der Waals surface area contributed by atoms with Crippen molar-refractivity contribution in [2.45, 2.75) is 57.0 Å². The van der Waals surface area contributed by atoms with E-state index in [4.69, 9.17) is 9.47 Å². The molecule has 0 N–H and O–H groups in total. The molecule has 1 atom stereocenters. The summed E-state index contributed by atoms with van der Waals surface area (Å²) in [6.07, 6.45) is 9.25. The van der Waals surface area contributed by atoms with Crippen LogP contribution >= 0.6 is 0 Å². The largest absolute Gasteiger partial charge is 0.385 e. The fraction of sp³-hybridized carbons (Fsp3) is 0.941. The minimum absolute atomic E-state index is 0.0258. The molecule has 0 unspecified atom stereocenters. The Morgan fingerprint density at radius 3 is 2.71 bits per heavy atom. The van der Waals surface area contributed by atoms with Gasteiger partial charge in [-0.3, -0.25) is 4.79 Å². The minimum atomic E-state index is -0.0258. The average molecular weight is 295 g/mol. The van der Waals surface area contributed by atoms with Crippen molar-refractivity contribution < 1.29 is 14.3 Å². The van der Waals surface area contributed by atoms with Crippen molar-refractivity contribution in [3.05, 3.63) is 0 Å². The lowest BCUT2D eigenvalue weighted by Gasteiger charge is -2.53. The van der Waals surface area contributed by atoms with Crippen molar-refractivity contribution in [3.8, 4) is 0 Å². The molecule has 2 saturated heterocycles. The van der Waals surface area contributed by atoms with E-state index in [1.54, 1.807) is 7.11 Å². The van der Waals surface area contributed by atoms with E-state index in [2.05, 4.69) is 0 Å². The van der Waals surface area contributed by atoms with Gasteiger partial charge in [-0.1, -0.05) is 12.8 Å². The molecule has 3 fully saturated rings. The maximum Gasteiger partial charge on any atom is 0.223 e.